The molecule has 2 rings (SSSR count). The van der Waals surface area contributed by atoms with Gasteiger partial charge in [-0.2, -0.15) is 15.0 Å². The molecular formula is C13H19N7O. The van der Waals surface area contributed by atoms with Gasteiger partial charge in [0, 0.05) is 12.7 Å². The standard InChI is InChI=1S/C13H19N7O/c1-3-6-15-11-18-12(20-13(19-11)21-4-2)16-8-10-5-7-14-9-17-10/h5,7,9H,3-4,6,8H2,1-2H3,(H2,15,16,18,19,20). The van der Waals surface area contributed by atoms with E-state index in [1.165, 1.54) is 6.33 Å². The van der Waals surface area contributed by atoms with Crippen molar-refractivity contribution in [2.75, 3.05) is 23.8 Å². The highest BCUT2D eigenvalue weighted by Gasteiger charge is 2.07. The van der Waals surface area contributed by atoms with E-state index in [9.17, 15) is 0 Å². The molecule has 8 heteroatoms. The molecule has 0 bridgehead atoms. The molecule has 0 fully saturated rings. The summed E-state index contributed by atoms with van der Waals surface area (Å²) < 4.78 is 5.35. The van der Waals surface area contributed by atoms with Crippen LogP contribution in [0, 0.1) is 0 Å². The maximum atomic E-state index is 5.35. The Kier molecular flexibility index (Phi) is 5.62. The summed E-state index contributed by atoms with van der Waals surface area (Å²) in [7, 11) is 0. The summed E-state index contributed by atoms with van der Waals surface area (Å²) in [5.74, 6) is 0.950. The van der Waals surface area contributed by atoms with Gasteiger partial charge in [-0.1, -0.05) is 6.92 Å². The zero-order valence-electron chi connectivity index (χ0n) is 12.2. The van der Waals surface area contributed by atoms with Crippen LogP contribution in [0.5, 0.6) is 6.01 Å². The Labute approximate surface area is 123 Å². The number of anilines is 2. The van der Waals surface area contributed by atoms with E-state index < -0.39 is 0 Å². The van der Waals surface area contributed by atoms with Crippen LogP contribution in [-0.2, 0) is 6.54 Å². The van der Waals surface area contributed by atoms with Gasteiger partial charge in [0.2, 0.25) is 11.9 Å². The summed E-state index contributed by atoms with van der Waals surface area (Å²) in [6, 6.07) is 2.13. The average Bonchev–Trinajstić information content (AvgIpc) is 2.52. The number of hydrogen-bond acceptors (Lipinski definition) is 8. The Morgan fingerprint density at radius 2 is 1.90 bits per heavy atom. The monoisotopic (exact) mass is 289 g/mol. The van der Waals surface area contributed by atoms with Crippen LogP contribution in [0.3, 0.4) is 0 Å². The van der Waals surface area contributed by atoms with E-state index in [4.69, 9.17) is 4.74 Å². The molecule has 0 saturated heterocycles. The quantitative estimate of drug-likeness (QED) is 0.754. The van der Waals surface area contributed by atoms with Gasteiger partial charge in [0.15, 0.2) is 0 Å². The van der Waals surface area contributed by atoms with Gasteiger partial charge >= 0.3 is 6.01 Å². The van der Waals surface area contributed by atoms with Crippen molar-refractivity contribution < 1.29 is 4.74 Å². The summed E-state index contributed by atoms with van der Waals surface area (Å²) in [6.07, 6.45) is 4.18. The largest absolute Gasteiger partial charge is 0.464 e. The van der Waals surface area contributed by atoms with Crippen molar-refractivity contribution in [3.63, 3.8) is 0 Å². The summed E-state index contributed by atoms with van der Waals surface area (Å²) in [4.78, 5) is 20.7. The normalized spacial score (nSPS) is 10.2. The van der Waals surface area contributed by atoms with E-state index in [0.717, 1.165) is 18.7 Å². The van der Waals surface area contributed by atoms with Crippen LogP contribution < -0.4 is 15.4 Å². The Balaban J connectivity index is 2.07. The fourth-order valence-corrected chi connectivity index (χ4v) is 1.54. The van der Waals surface area contributed by atoms with Crippen LogP contribution in [0.2, 0.25) is 0 Å². The maximum absolute atomic E-state index is 5.35. The van der Waals surface area contributed by atoms with Crippen molar-refractivity contribution in [1.82, 2.24) is 24.9 Å². The van der Waals surface area contributed by atoms with Crippen LogP contribution in [0.25, 0.3) is 0 Å². The van der Waals surface area contributed by atoms with Crippen molar-refractivity contribution in [3.8, 4) is 6.01 Å². The van der Waals surface area contributed by atoms with Gasteiger partial charge in [-0.05, 0) is 19.4 Å². The van der Waals surface area contributed by atoms with E-state index in [0.29, 0.717) is 31.1 Å². The van der Waals surface area contributed by atoms with Gasteiger partial charge in [0.1, 0.15) is 6.33 Å². The van der Waals surface area contributed by atoms with Crippen molar-refractivity contribution >= 4 is 11.9 Å². The smallest absolute Gasteiger partial charge is 0.323 e. The molecule has 0 aliphatic heterocycles. The van der Waals surface area contributed by atoms with Crippen LogP contribution in [-0.4, -0.2) is 38.1 Å². The minimum atomic E-state index is 0.302. The highest BCUT2D eigenvalue weighted by molar-refractivity contribution is 5.36. The maximum Gasteiger partial charge on any atom is 0.323 e. The van der Waals surface area contributed by atoms with Crippen LogP contribution in [0.4, 0.5) is 11.9 Å². The molecule has 2 N–H and O–H groups in total. The molecule has 0 aromatic carbocycles. The molecule has 0 radical (unpaired) electrons. The van der Waals surface area contributed by atoms with E-state index in [1.54, 1.807) is 6.20 Å². The minimum absolute atomic E-state index is 0.302. The van der Waals surface area contributed by atoms with Crippen molar-refractivity contribution in [1.29, 1.82) is 0 Å². The molecular weight excluding hydrogens is 270 g/mol. The van der Waals surface area contributed by atoms with Gasteiger partial charge in [-0.25, -0.2) is 9.97 Å². The zero-order valence-corrected chi connectivity index (χ0v) is 12.2. The summed E-state index contributed by atoms with van der Waals surface area (Å²) in [5.41, 5.74) is 0.853. The summed E-state index contributed by atoms with van der Waals surface area (Å²) in [6.45, 7) is 5.76. The molecule has 2 heterocycles. The van der Waals surface area contributed by atoms with Gasteiger partial charge in [0.25, 0.3) is 0 Å². The molecule has 0 aliphatic carbocycles. The Bertz CT molecular complexity index is 549. The first-order chi connectivity index (χ1) is 10.3. The van der Waals surface area contributed by atoms with Crippen LogP contribution >= 0.6 is 0 Å². The minimum Gasteiger partial charge on any atom is -0.464 e. The first-order valence-electron chi connectivity index (χ1n) is 6.93. The number of nitrogens with zero attached hydrogens (tertiary/aromatic N) is 5. The number of ether oxygens (including phenoxy) is 1. The zero-order chi connectivity index (χ0) is 14.9. The molecule has 21 heavy (non-hydrogen) atoms. The average molecular weight is 289 g/mol. The Hall–Kier alpha value is -2.51. The molecule has 0 unspecified atom stereocenters. The fraction of sp³-hybridized carbons (Fsp3) is 0.462. The van der Waals surface area contributed by atoms with E-state index in [1.807, 2.05) is 13.0 Å². The molecule has 2 aromatic heterocycles. The predicted octanol–water partition coefficient (Wildman–Crippen LogP) is 1.49. The number of nitrogens with one attached hydrogen (secondary N) is 2. The van der Waals surface area contributed by atoms with E-state index in [-0.39, 0.29) is 0 Å². The van der Waals surface area contributed by atoms with Crippen LogP contribution in [0.15, 0.2) is 18.6 Å². The second-order valence-corrected chi connectivity index (χ2v) is 4.18. The second kappa shape index (κ2) is 7.93. The molecule has 112 valence electrons. The van der Waals surface area contributed by atoms with Gasteiger partial charge in [-0.15, -0.1) is 0 Å². The summed E-state index contributed by atoms with van der Waals surface area (Å²) in [5, 5.41) is 6.23. The topological polar surface area (TPSA) is 97.7 Å². The molecule has 0 amide bonds. The van der Waals surface area contributed by atoms with E-state index >= 15 is 0 Å². The Morgan fingerprint density at radius 3 is 2.57 bits per heavy atom. The van der Waals surface area contributed by atoms with Crippen LogP contribution in [0.1, 0.15) is 26.0 Å². The second-order valence-electron chi connectivity index (χ2n) is 4.18. The SMILES string of the molecule is CCCNc1nc(NCc2ccncn2)nc(OCC)n1. The fourth-order valence-electron chi connectivity index (χ4n) is 1.54. The van der Waals surface area contributed by atoms with Gasteiger partial charge in [0.05, 0.1) is 18.8 Å². The van der Waals surface area contributed by atoms with E-state index in [2.05, 4.69) is 42.5 Å². The first kappa shape index (κ1) is 14.9. The third kappa shape index (κ3) is 4.83. The highest BCUT2D eigenvalue weighted by Crippen LogP contribution is 2.12. The van der Waals surface area contributed by atoms with Crippen molar-refractivity contribution in [3.05, 3.63) is 24.3 Å². The number of aromatic nitrogens is 5. The van der Waals surface area contributed by atoms with Gasteiger partial charge in [-0.3, -0.25) is 0 Å². The number of hydrogen-bond donors (Lipinski definition) is 2. The third-order valence-corrected chi connectivity index (χ3v) is 2.49. The molecule has 0 saturated carbocycles. The Morgan fingerprint density at radius 1 is 1.10 bits per heavy atom. The van der Waals surface area contributed by atoms with Crippen molar-refractivity contribution in [2.45, 2.75) is 26.8 Å². The lowest BCUT2D eigenvalue weighted by molar-refractivity contribution is 0.312. The molecule has 0 atom stereocenters. The molecule has 8 nitrogen and oxygen atoms in total. The third-order valence-electron chi connectivity index (χ3n) is 2.49. The summed E-state index contributed by atoms with van der Waals surface area (Å²) >= 11 is 0. The lowest BCUT2D eigenvalue weighted by Gasteiger charge is -2.09. The predicted molar refractivity (Wildman–Crippen MR) is 79.1 cm³/mol. The molecule has 2 aromatic rings. The van der Waals surface area contributed by atoms with Gasteiger partial charge < -0.3 is 15.4 Å². The lowest BCUT2D eigenvalue weighted by Crippen LogP contribution is -2.11. The first-order valence-corrected chi connectivity index (χ1v) is 6.93. The number of rotatable bonds is 8. The lowest BCUT2D eigenvalue weighted by atomic mass is 10.4. The molecule has 0 aliphatic rings. The molecule has 0 spiro atoms. The van der Waals surface area contributed by atoms with Crippen molar-refractivity contribution in [2.24, 2.45) is 0 Å². The highest BCUT2D eigenvalue weighted by atomic mass is 16.5.